The summed E-state index contributed by atoms with van der Waals surface area (Å²) < 4.78 is 0. The summed E-state index contributed by atoms with van der Waals surface area (Å²) in [5.41, 5.74) is 4.15. The number of aromatic nitrogens is 1. The van der Waals surface area contributed by atoms with Gasteiger partial charge in [-0.05, 0) is 54.3 Å². The Kier molecular flexibility index (Phi) is 4.09. The van der Waals surface area contributed by atoms with Gasteiger partial charge in [0.25, 0.3) is 0 Å². The van der Waals surface area contributed by atoms with Gasteiger partial charge in [0.15, 0.2) is 5.69 Å². The first-order chi connectivity index (χ1) is 11.0. The number of aromatic hydroxyl groups is 1. The molecule has 0 bridgehead atoms. The Labute approximate surface area is 139 Å². The van der Waals surface area contributed by atoms with Gasteiger partial charge in [-0.25, -0.2) is 0 Å². The molecule has 23 heavy (non-hydrogen) atoms. The zero-order valence-corrected chi connectivity index (χ0v) is 14.0. The third-order valence-electron chi connectivity index (χ3n) is 3.86. The standard InChI is InChI=1S/C18H18ClN3O/c1-10(2)12-4-6-16-14(9-12)17(18(23)20-16)22-21-15-7-5-13(19)8-11(15)3/h4-10,20,23H,1-3H3. The second kappa shape index (κ2) is 6.05. The molecule has 2 N–H and O–H groups in total. The second-order valence-corrected chi connectivity index (χ2v) is 6.35. The minimum Gasteiger partial charge on any atom is -0.493 e. The molecule has 0 radical (unpaired) electrons. The molecule has 0 saturated heterocycles. The van der Waals surface area contributed by atoms with Gasteiger partial charge >= 0.3 is 0 Å². The number of azo groups is 1. The molecule has 0 saturated carbocycles. The first-order valence-electron chi connectivity index (χ1n) is 7.48. The topological polar surface area (TPSA) is 60.7 Å². The smallest absolute Gasteiger partial charge is 0.218 e. The highest BCUT2D eigenvalue weighted by Crippen LogP contribution is 2.38. The van der Waals surface area contributed by atoms with E-state index in [1.54, 1.807) is 6.07 Å². The third kappa shape index (κ3) is 3.08. The van der Waals surface area contributed by atoms with Gasteiger partial charge in [-0.3, -0.25) is 0 Å². The van der Waals surface area contributed by atoms with E-state index in [1.807, 2.05) is 37.3 Å². The number of aryl methyl sites for hydroxylation is 1. The van der Waals surface area contributed by atoms with E-state index in [2.05, 4.69) is 29.1 Å². The molecule has 2 aromatic carbocycles. The van der Waals surface area contributed by atoms with Crippen LogP contribution in [0.5, 0.6) is 5.88 Å². The van der Waals surface area contributed by atoms with Crippen molar-refractivity contribution in [3.8, 4) is 5.88 Å². The Hall–Kier alpha value is -2.33. The number of fused-ring (bicyclic) bond motifs is 1. The highest BCUT2D eigenvalue weighted by Gasteiger charge is 2.12. The average molecular weight is 328 g/mol. The van der Waals surface area contributed by atoms with Gasteiger partial charge in [0.2, 0.25) is 5.88 Å². The van der Waals surface area contributed by atoms with Crippen molar-refractivity contribution in [2.45, 2.75) is 26.7 Å². The van der Waals surface area contributed by atoms with Crippen LogP contribution in [-0.2, 0) is 0 Å². The van der Waals surface area contributed by atoms with Crippen molar-refractivity contribution in [2.75, 3.05) is 0 Å². The molecule has 118 valence electrons. The van der Waals surface area contributed by atoms with Gasteiger partial charge in [0.05, 0.1) is 11.2 Å². The van der Waals surface area contributed by atoms with E-state index in [4.69, 9.17) is 11.6 Å². The van der Waals surface area contributed by atoms with Crippen molar-refractivity contribution in [1.29, 1.82) is 0 Å². The number of H-pyrrole nitrogens is 1. The van der Waals surface area contributed by atoms with E-state index in [0.29, 0.717) is 16.6 Å². The zero-order valence-electron chi connectivity index (χ0n) is 13.3. The van der Waals surface area contributed by atoms with Crippen LogP contribution in [0, 0.1) is 6.92 Å². The van der Waals surface area contributed by atoms with E-state index in [9.17, 15) is 5.11 Å². The summed E-state index contributed by atoms with van der Waals surface area (Å²) in [6.07, 6.45) is 0. The normalized spacial score (nSPS) is 11.9. The number of rotatable bonds is 3. The minimum atomic E-state index is 0.0243. The first-order valence-corrected chi connectivity index (χ1v) is 7.86. The fraction of sp³-hybridized carbons (Fsp3) is 0.222. The van der Waals surface area contributed by atoms with Crippen LogP contribution in [0.1, 0.15) is 30.9 Å². The molecule has 0 fully saturated rings. The van der Waals surface area contributed by atoms with Gasteiger partial charge in [-0.15, -0.1) is 5.11 Å². The average Bonchev–Trinajstić information content (AvgIpc) is 2.81. The third-order valence-corrected chi connectivity index (χ3v) is 4.09. The van der Waals surface area contributed by atoms with Crippen LogP contribution in [0.4, 0.5) is 11.4 Å². The van der Waals surface area contributed by atoms with Gasteiger partial charge in [-0.1, -0.05) is 31.5 Å². The molecule has 0 aliphatic carbocycles. The Morgan fingerprint density at radius 3 is 2.57 bits per heavy atom. The summed E-state index contributed by atoms with van der Waals surface area (Å²) in [6.45, 7) is 6.18. The summed E-state index contributed by atoms with van der Waals surface area (Å²) in [6, 6.07) is 11.5. The maximum Gasteiger partial charge on any atom is 0.218 e. The van der Waals surface area contributed by atoms with Crippen molar-refractivity contribution < 1.29 is 5.11 Å². The Balaban J connectivity index is 2.06. The van der Waals surface area contributed by atoms with Crippen LogP contribution in [0.2, 0.25) is 5.02 Å². The van der Waals surface area contributed by atoms with E-state index in [1.165, 1.54) is 5.56 Å². The van der Waals surface area contributed by atoms with Crippen LogP contribution in [0.25, 0.3) is 10.9 Å². The summed E-state index contributed by atoms with van der Waals surface area (Å²) in [5, 5.41) is 20.2. The number of benzene rings is 2. The molecule has 0 unspecified atom stereocenters. The first kappa shape index (κ1) is 15.6. The molecule has 1 heterocycles. The molecule has 5 heteroatoms. The predicted molar refractivity (Wildman–Crippen MR) is 94.4 cm³/mol. The molecule has 4 nitrogen and oxygen atoms in total. The molecular formula is C18H18ClN3O. The highest BCUT2D eigenvalue weighted by molar-refractivity contribution is 6.30. The monoisotopic (exact) mass is 327 g/mol. The van der Waals surface area contributed by atoms with E-state index >= 15 is 0 Å². The maximum absolute atomic E-state index is 10.1. The maximum atomic E-state index is 10.1. The molecule has 0 atom stereocenters. The molecule has 0 spiro atoms. The van der Waals surface area contributed by atoms with Crippen LogP contribution in [0.15, 0.2) is 46.6 Å². The number of nitrogens with zero attached hydrogens (tertiary/aromatic N) is 2. The fourth-order valence-corrected chi connectivity index (χ4v) is 2.70. The summed E-state index contributed by atoms with van der Waals surface area (Å²) in [5.74, 6) is 0.427. The van der Waals surface area contributed by atoms with Crippen LogP contribution in [0.3, 0.4) is 0 Å². The number of hydrogen-bond acceptors (Lipinski definition) is 3. The second-order valence-electron chi connectivity index (χ2n) is 5.91. The SMILES string of the molecule is Cc1cc(Cl)ccc1N=Nc1c(O)[nH]c2ccc(C(C)C)cc12. The van der Waals surface area contributed by atoms with Crippen molar-refractivity contribution in [3.05, 3.63) is 52.5 Å². The summed E-state index contributed by atoms with van der Waals surface area (Å²) >= 11 is 5.95. The van der Waals surface area contributed by atoms with Gasteiger partial charge in [0, 0.05) is 10.4 Å². The van der Waals surface area contributed by atoms with Crippen molar-refractivity contribution >= 4 is 33.9 Å². The largest absolute Gasteiger partial charge is 0.493 e. The Bertz CT molecular complexity index is 897. The molecular weight excluding hydrogens is 310 g/mol. The molecule has 0 aliphatic rings. The van der Waals surface area contributed by atoms with Gasteiger partial charge in [-0.2, -0.15) is 5.11 Å². The molecule has 0 aliphatic heterocycles. The lowest BCUT2D eigenvalue weighted by Gasteiger charge is -2.04. The van der Waals surface area contributed by atoms with E-state index in [0.717, 1.165) is 22.2 Å². The van der Waals surface area contributed by atoms with Crippen molar-refractivity contribution in [3.63, 3.8) is 0 Å². The summed E-state index contributed by atoms with van der Waals surface area (Å²) in [7, 11) is 0. The predicted octanol–water partition coefficient (Wildman–Crippen LogP) is 6.37. The number of halogens is 1. The quantitative estimate of drug-likeness (QED) is 0.539. The highest BCUT2D eigenvalue weighted by atomic mass is 35.5. The number of aromatic amines is 1. The lowest BCUT2D eigenvalue weighted by molar-refractivity contribution is 0.459. The van der Waals surface area contributed by atoms with Crippen molar-refractivity contribution in [2.24, 2.45) is 10.2 Å². The minimum absolute atomic E-state index is 0.0243. The molecule has 3 rings (SSSR count). The van der Waals surface area contributed by atoms with E-state index in [-0.39, 0.29) is 5.88 Å². The fourth-order valence-electron chi connectivity index (χ4n) is 2.48. The zero-order chi connectivity index (χ0) is 16.6. The van der Waals surface area contributed by atoms with Crippen molar-refractivity contribution in [1.82, 2.24) is 4.98 Å². The van der Waals surface area contributed by atoms with Gasteiger partial charge < -0.3 is 10.1 Å². The molecule has 1 aromatic heterocycles. The Morgan fingerprint density at radius 2 is 1.87 bits per heavy atom. The van der Waals surface area contributed by atoms with Gasteiger partial charge in [0.1, 0.15) is 0 Å². The molecule has 3 aromatic rings. The Morgan fingerprint density at radius 1 is 1.09 bits per heavy atom. The lowest BCUT2D eigenvalue weighted by atomic mass is 10.0. The lowest BCUT2D eigenvalue weighted by Crippen LogP contribution is -1.85. The summed E-state index contributed by atoms with van der Waals surface area (Å²) in [4.78, 5) is 2.93. The van der Waals surface area contributed by atoms with Crippen LogP contribution >= 0.6 is 11.6 Å². The number of hydrogen-bond donors (Lipinski definition) is 2. The van der Waals surface area contributed by atoms with E-state index < -0.39 is 0 Å². The van der Waals surface area contributed by atoms with Crippen LogP contribution in [-0.4, -0.2) is 10.1 Å². The molecule has 0 amide bonds. The number of nitrogens with one attached hydrogen (secondary N) is 1. The van der Waals surface area contributed by atoms with Crippen LogP contribution < -0.4 is 0 Å².